The van der Waals surface area contributed by atoms with Gasteiger partial charge >= 0.3 is 0 Å². The fourth-order valence-electron chi connectivity index (χ4n) is 2.46. The Balaban J connectivity index is 1.86. The van der Waals surface area contributed by atoms with Gasteiger partial charge in [-0.05, 0) is 18.9 Å². The minimum Gasteiger partial charge on any atom is -0.353 e. The van der Waals surface area contributed by atoms with E-state index < -0.39 is 0 Å². The van der Waals surface area contributed by atoms with E-state index in [-0.39, 0.29) is 5.91 Å². The zero-order valence-corrected chi connectivity index (χ0v) is 13.9. The van der Waals surface area contributed by atoms with Crippen LogP contribution in [0, 0.1) is 5.92 Å². The van der Waals surface area contributed by atoms with Crippen molar-refractivity contribution in [3.63, 3.8) is 0 Å². The van der Waals surface area contributed by atoms with Crippen LogP contribution in [-0.4, -0.2) is 60.0 Å². The second kappa shape index (κ2) is 8.08. The lowest BCUT2D eigenvalue weighted by molar-refractivity contribution is 0.0946. The van der Waals surface area contributed by atoms with Gasteiger partial charge in [0.2, 0.25) is 0 Å². The van der Waals surface area contributed by atoms with Crippen LogP contribution in [0.2, 0.25) is 0 Å². The first-order valence-electron chi connectivity index (χ1n) is 8.17. The van der Waals surface area contributed by atoms with Crippen molar-refractivity contribution < 1.29 is 4.79 Å². The number of likely N-dealkylation sites (N-methyl/N-ethyl adjacent to an activating group) is 1. The van der Waals surface area contributed by atoms with Crippen molar-refractivity contribution >= 4 is 11.7 Å². The lowest BCUT2D eigenvalue weighted by Crippen LogP contribution is -2.46. The highest BCUT2D eigenvalue weighted by Crippen LogP contribution is 2.12. The van der Waals surface area contributed by atoms with Gasteiger partial charge in [0, 0.05) is 32.7 Å². The average Bonchev–Trinajstić information content (AvgIpc) is 2.54. The van der Waals surface area contributed by atoms with Gasteiger partial charge in [0.05, 0.1) is 12.4 Å². The molecule has 1 aromatic rings. The van der Waals surface area contributed by atoms with Gasteiger partial charge in [-0.2, -0.15) is 0 Å². The molecular formula is C16H27N5O. The summed E-state index contributed by atoms with van der Waals surface area (Å²) in [5, 5.41) is 2.88. The summed E-state index contributed by atoms with van der Waals surface area (Å²) in [6.45, 7) is 12.3. The zero-order valence-electron chi connectivity index (χ0n) is 13.9. The lowest BCUT2D eigenvalue weighted by atomic mass is 10.1. The molecular weight excluding hydrogens is 278 g/mol. The number of carbonyl (C=O) groups excluding carboxylic acids is 1. The van der Waals surface area contributed by atoms with E-state index in [4.69, 9.17) is 0 Å². The molecule has 122 valence electrons. The van der Waals surface area contributed by atoms with Crippen molar-refractivity contribution in [2.24, 2.45) is 5.92 Å². The minimum atomic E-state index is -0.143. The van der Waals surface area contributed by atoms with Crippen LogP contribution in [0.4, 0.5) is 5.82 Å². The summed E-state index contributed by atoms with van der Waals surface area (Å²) >= 11 is 0. The second-order valence-corrected chi connectivity index (χ2v) is 6.12. The van der Waals surface area contributed by atoms with Gasteiger partial charge in [-0.25, -0.2) is 9.97 Å². The van der Waals surface area contributed by atoms with Crippen LogP contribution < -0.4 is 10.2 Å². The monoisotopic (exact) mass is 305 g/mol. The molecule has 0 radical (unpaired) electrons. The van der Waals surface area contributed by atoms with E-state index >= 15 is 0 Å². The molecule has 0 atom stereocenters. The molecule has 0 bridgehead atoms. The van der Waals surface area contributed by atoms with Gasteiger partial charge in [0.1, 0.15) is 11.5 Å². The lowest BCUT2D eigenvalue weighted by Gasteiger charge is -2.34. The van der Waals surface area contributed by atoms with Crippen molar-refractivity contribution in [1.82, 2.24) is 20.2 Å². The number of nitrogens with zero attached hydrogens (tertiary/aromatic N) is 4. The first-order chi connectivity index (χ1) is 10.6. The first-order valence-corrected chi connectivity index (χ1v) is 8.17. The number of aromatic nitrogens is 2. The van der Waals surface area contributed by atoms with Crippen LogP contribution in [0.5, 0.6) is 0 Å². The zero-order chi connectivity index (χ0) is 15.9. The fourth-order valence-corrected chi connectivity index (χ4v) is 2.46. The molecule has 1 amide bonds. The highest BCUT2D eigenvalue weighted by Gasteiger charge is 2.17. The molecule has 1 fully saturated rings. The molecule has 0 spiro atoms. The summed E-state index contributed by atoms with van der Waals surface area (Å²) in [4.78, 5) is 25.3. The summed E-state index contributed by atoms with van der Waals surface area (Å²) in [5.41, 5.74) is 0.389. The van der Waals surface area contributed by atoms with Gasteiger partial charge in [-0.15, -0.1) is 0 Å². The topological polar surface area (TPSA) is 61.4 Å². The first kappa shape index (κ1) is 16.7. The number of anilines is 1. The van der Waals surface area contributed by atoms with Crippen LogP contribution in [0.15, 0.2) is 12.4 Å². The summed E-state index contributed by atoms with van der Waals surface area (Å²) in [7, 11) is 0. The van der Waals surface area contributed by atoms with Gasteiger partial charge < -0.3 is 15.1 Å². The molecule has 0 aliphatic carbocycles. The van der Waals surface area contributed by atoms with Crippen LogP contribution in [0.3, 0.4) is 0 Å². The van der Waals surface area contributed by atoms with E-state index in [1.807, 2.05) is 0 Å². The number of nitrogens with one attached hydrogen (secondary N) is 1. The normalized spacial score (nSPS) is 16.1. The Hall–Kier alpha value is -1.69. The Kier molecular flexibility index (Phi) is 6.12. The molecule has 1 aliphatic heterocycles. The molecule has 6 heteroatoms. The molecule has 6 nitrogen and oxygen atoms in total. The van der Waals surface area contributed by atoms with Gasteiger partial charge in [0.15, 0.2) is 0 Å². The summed E-state index contributed by atoms with van der Waals surface area (Å²) in [6, 6.07) is 0. The second-order valence-electron chi connectivity index (χ2n) is 6.12. The van der Waals surface area contributed by atoms with Crippen molar-refractivity contribution in [2.75, 3.05) is 44.2 Å². The highest BCUT2D eigenvalue weighted by atomic mass is 16.1. The van der Waals surface area contributed by atoms with Gasteiger partial charge in [0.25, 0.3) is 5.91 Å². The predicted molar refractivity (Wildman–Crippen MR) is 88.1 cm³/mol. The SMILES string of the molecule is CCN1CCN(c2cnc(C(=O)NCCC(C)C)cn2)CC1. The molecule has 2 rings (SSSR count). The standard InChI is InChI=1S/C16H27N5O/c1-4-20-7-9-21(10-8-20)15-12-18-14(11-19-15)16(22)17-6-5-13(2)3/h11-13H,4-10H2,1-3H3,(H,17,22). The Morgan fingerprint density at radius 3 is 2.50 bits per heavy atom. The van der Waals surface area contributed by atoms with Crippen LogP contribution >= 0.6 is 0 Å². The maximum Gasteiger partial charge on any atom is 0.271 e. The highest BCUT2D eigenvalue weighted by molar-refractivity contribution is 5.91. The maximum atomic E-state index is 12.0. The van der Waals surface area contributed by atoms with Crippen LogP contribution in [0.1, 0.15) is 37.7 Å². The molecule has 1 aromatic heterocycles. The van der Waals surface area contributed by atoms with Crippen molar-refractivity contribution in [2.45, 2.75) is 27.2 Å². The van der Waals surface area contributed by atoms with E-state index in [1.165, 1.54) is 0 Å². The molecule has 22 heavy (non-hydrogen) atoms. The number of carbonyl (C=O) groups is 1. The third-order valence-corrected chi connectivity index (χ3v) is 4.02. The van der Waals surface area contributed by atoms with Crippen molar-refractivity contribution in [3.8, 4) is 0 Å². The number of hydrogen-bond donors (Lipinski definition) is 1. The Morgan fingerprint density at radius 1 is 1.23 bits per heavy atom. The number of hydrogen-bond acceptors (Lipinski definition) is 5. The fraction of sp³-hybridized carbons (Fsp3) is 0.688. The largest absolute Gasteiger partial charge is 0.353 e. The molecule has 1 N–H and O–H groups in total. The summed E-state index contributed by atoms with van der Waals surface area (Å²) in [5.74, 6) is 1.29. The van der Waals surface area contributed by atoms with E-state index in [0.29, 0.717) is 18.2 Å². The van der Waals surface area contributed by atoms with Crippen LogP contribution in [-0.2, 0) is 0 Å². The molecule has 0 unspecified atom stereocenters. The third-order valence-electron chi connectivity index (χ3n) is 4.02. The van der Waals surface area contributed by atoms with Crippen molar-refractivity contribution in [1.29, 1.82) is 0 Å². The number of rotatable bonds is 6. The Morgan fingerprint density at radius 2 is 1.95 bits per heavy atom. The predicted octanol–water partition coefficient (Wildman–Crippen LogP) is 1.39. The Labute approximate surface area is 132 Å². The van der Waals surface area contributed by atoms with E-state index in [1.54, 1.807) is 12.4 Å². The van der Waals surface area contributed by atoms with Gasteiger partial charge in [-0.3, -0.25) is 4.79 Å². The smallest absolute Gasteiger partial charge is 0.271 e. The van der Waals surface area contributed by atoms with E-state index in [0.717, 1.165) is 45.0 Å². The quantitative estimate of drug-likeness (QED) is 0.861. The van der Waals surface area contributed by atoms with Crippen molar-refractivity contribution in [3.05, 3.63) is 18.1 Å². The maximum absolute atomic E-state index is 12.0. The number of amides is 1. The minimum absolute atomic E-state index is 0.143. The van der Waals surface area contributed by atoms with Crippen LogP contribution in [0.25, 0.3) is 0 Å². The van der Waals surface area contributed by atoms with E-state index in [9.17, 15) is 4.79 Å². The molecule has 2 heterocycles. The molecule has 1 aliphatic rings. The average molecular weight is 305 g/mol. The Bertz CT molecular complexity index is 466. The molecule has 0 aromatic carbocycles. The summed E-state index contributed by atoms with van der Waals surface area (Å²) < 4.78 is 0. The number of piperazine rings is 1. The molecule has 1 saturated heterocycles. The molecule has 0 saturated carbocycles. The summed E-state index contributed by atoms with van der Waals surface area (Å²) in [6.07, 6.45) is 4.25. The van der Waals surface area contributed by atoms with E-state index in [2.05, 4.69) is 45.9 Å². The van der Waals surface area contributed by atoms with Gasteiger partial charge in [-0.1, -0.05) is 20.8 Å². The third kappa shape index (κ3) is 4.66.